The van der Waals surface area contributed by atoms with Gasteiger partial charge in [0.25, 0.3) is 0 Å². The van der Waals surface area contributed by atoms with Crippen LogP contribution in [-0.2, 0) is 0 Å². The van der Waals surface area contributed by atoms with Gasteiger partial charge in [-0.3, -0.25) is 0 Å². The molecule has 0 aliphatic carbocycles. The number of aromatic nitrogens is 2. The number of anilines is 2. The summed E-state index contributed by atoms with van der Waals surface area (Å²) in [7, 11) is 0. The van der Waals surface area contributed by atoms with E-state index in [-0.39, 0.29) is 5.56 Å². The van der Waals surface area contributed by atoms with Crippen molar-refractivity contribution in [2.75, 3.05) is 5.32 Å². The van der Waals surface area contributed by atoms with E-state index in [9.17, 15) is 9.90 Å². The Balaban J connectivity index is 1.88. The molecule has 0 aliphatic heterocycles. The lowest BCUT2D eigenvalue weighted by Gasteiger charge is -2.12. The van der Waals surface area contributed by atoms with Crippen molar-refractivity contribution in [1.82, 2.24) is 9.97 Å². The van der Waals surface area contributed by atoms with Crippen LogP contribution in [0.25, 0.3) is 21.3 Å². The van der Waals surface area contributed by atoms with Crippen LogP contribution >= 0.6 is 11.3 Å². The Morgan fingerprint density at radius 2 is 1.85 bits per heavy atom. The monoisotopic (exact) mass is 375 g/mol. The van der Waals surface area contributed by atoms with Gasteiger partial charge in [-0.25, -0.2) is 14.8 Å². The molecule has 4 rings (SSSR count). The van der Waals surface area contributed by atoms with Gasteiger partial charge in [0.1, 0.15) is 16.5 Å². The van der Waals surface area contributed by atoms with E-state index >= 15 is 0 Å². The van der Waals surface area contributed by atoms with Crippen LogP contribution in [0.5, 0.6) is 0 Å². The van der Waals surface area contributed by atoms with Gasteiger partial charge in [0, 0.05) is 16.6 Å². The quantitative estimate of drug-likeness (QED) is 0.498. The number of thiophene rings is 1. The summed E-state index contributed by atoms with van der Waals surface area (Å²) in [5, 5.41) is 15.7. The van der Waals surface area contributed by atoms with E-state index in [1.807, 2.05) is 32.0 Å². The number of carboxylic acid groups (broad SMARTS) is 1. The maximum absolute atomic E-state index is 11.3. The van der Waals surface area contributed by atoms with Gasteiger partial charge in [-0.1, -0.05) is 36.4 Å². The Bertz CT molecular complexity index is 1150. The highest BCUT2D eigenvalue weighted by Crippen LogP contribution is 2.38. The number of benzene rings is 2. The molecule has 0 aliphatic rings. The van der Waals surface area contributed by atoms with Crippen LogP contribution in [0.1, 0.15) is 21.7 Å². The standard InChI is InChI=1S/C21H17N3O2S/c1-12-8-9-15(21(25)26)10-17(12)24-19-18-16(14-6-4-3-5-7-14)11-27-20(18)23-13(2)22-19/h3-11H,1-2H3,(H,25,26)(H,22,23,24). The molecule has 0 radical (unpaired) electrons. The van der Waals surface area contributed by atoms with E-state index < -0.39 is 5.97 Å². The molecule has 0 bridgehead atoms. The second kappa shape index (κ2) is 6.81. The molecule has 0 amide bonds. The van der Waals surface area contributed by atoms with Gasteiger partial charge >= 0.3 is 5.97 Å². The third-order valence-corrected chi connectivity index (χ3v) is 5.24. The number of aromatic carboxylic acids is 1. The van der Waals surface area contributed by atoms with Crippen LogP contribution in [0.2, 0.25) is 0 Å². The largest absolute Gasteiger partial charge is 0.478 e. The van der Waals surface area contributed by atoms with Crippen molar-refractivity contribution < 1.29 is 9.90 Å². The van der Waals surface area contributed by atoms with E-state index in [1.54, 1.807) is 29.5 Å². The minimum Gasteiger partial charge on any atom is -0.478 e. The summed E-state index contributed by atoms with van der Waals surface area (Å²) in [6.07, 6.45) is 0. The maximum atomic E-state index is 11.3. The van der Waals surface area contributed by atoms with Gasteiger partial charge in [0.2, 0.25) is 0 Å². The number of hydrogen-bond acceptors (Lipinski definition) is 5. The molecule has 0 saturated heterocycles. The highest BCUT2D eigenvalue weighted by Gasteiger charge is 2.16. The van der Waals surface area contributed by atoms with Crippen LogP contribution in [0, 0.1) is 13.8 Å². The normalized spacial score (nSPS) is 10.9. The summed E-state index contributed by atoms with van der Waals surface area (Å²) in [6.45, 7) is 3.79. The number of nitrogens with zero attached hydrogens (tertiary/aromatic N) is 2. The number of fused-ring (bicyclic) bond motifs is 1. The molecule has 4 aromatic rings. The first-order chi connectivity index (χ1) is 13.0. The molecule has 0 unspecified atom stereocenters. The fourth-order valence-electron chi connectivity index (χ4n) is 2.99. The maximum Gasteiger partial charge on any atom is 0.335 e. The SMILES string of the molecule is Cc1nc(Nc2cc(C(=O)O)ccc2C)c2c(-c3ccccc3)csc2n1. The number of carboxylic acids is 1. The van der Waals surface area contributed by atoms with Crippen molar-refractivity contribution in [1.29, 1.82) is 0 Å². The van der Waals surface area contributed by atoms with Crippen LogP contribution in [0.15, 0.2) is 53.9 Å². The summed E-state index contributed by atoms with van der Waals surface area (Å²) >= 11 is 1.57. The van der Waals surface area contributed by atoms with Crippen molar-refractivity contribution >= 4 is 39.0 Å². The van der Waals surface area contributed by atoms with Crippen molar-refractivity contribution in [3.8, 4) is 11.1 Å². The fraction of sp³-hybridized carbons (Fsp3) is 0.0952. The number of hydrogen-bond donors (Lipinski definition) is 2. The zero-order valence-electron chi connectivity index (χ0n) is 14.9. The number of rotatable bonds is 4. The first-order valence-corrected chi connectivity index (χ1v) is 9.33. The smallest absolute Gasteiger partial charge is 0.335 e. The molecule has 5 nitrogen and oxygen atoms in total. The highest BCUT2D eigenvalue weighted by atomic mass is 32.1. The number of carbonyl (C=O) groups is 1. The van der Waals surface area contributed by atoms with Crippen molar-refractivity contribution in [3.05, 3.63) is 70.9 Å². The van der Waals surface area contributed by atoms with Crippen molar-refractivity contribution in [2.24, 2.45) is 0 Å². The number of aryl methyl sites for hydroxylation is 2. The van der Waals surface area contributed by atoms with Gasteiger partial charge in [0.15, 0.2) is 0 Å². The molecular formula is C21H17N3O2S. The van der Waals surface area contributed by atoms with E-state index in [0.717, 1.165) is 32.6 Å². The first kappa shape index (κ1) is 17.2. The molecule has 0 atom stereocenters. The minimum atomic E-state index is -0.956. The van der Waals surface area contributed by atoms with E-state index in [4.69, 9.17) is 0 Å². The average Bonchev–Trinajstić information content (AvgIpc) is 3.08. The predicted molar refractivity (Wildman–Crippen MR) is 109 cm³/mol. The van der Waals surface area contributed by atoms with Crippen LogP contribution < -0.4 is 5.32 Å². The lowest BCUT2D eigenvalue weighted by Crippen LogP contribution is -2.02. The predicted octanol–water partition coefficient (Wildman–Crippen LogP) is 5.42. The Hall–Kier alpha value is -3.25. The zero-order chi connectivity index (χ0) is 19.0. The van der Waals surface area contributed by atoms with Gasteiger partial charge in [0.05, 0.1) is 10.9 Å². The summed E-state index contributed by atoms with van der Waals surface area (Å²) < 4.78 is 0. The summed E-state index contributed by atoms with van der Waals surface area (Å²) in [5.41, 5.74) is 4.06. The molecule has 0 spiro atoms. The van der Waals surface area contributed by atoms with Crippen molar-refractivity contribution in [3.63, 3.8) is 0 Å². The first-order valence-electron chi connectivity index (χ1n) is 8.45. The second-order valence-corrected chi connectivity index (χ2v) is 7.13. The molecule has 134 valence electrons. The Kier molecular flexibility index (Phi) is 4.33. The molecule has 2 heterocycles. The van der Waals surface area contributed by atoms with Crippen LogP contribution in [-0.4, -0.2) is 21.0 Å². The lowest BCUT2D eigenvalue weighted by atomic mass is 10.1. The minimum absolute atomic E-state index is 0.235. The number of nitrogens with one attached hydrogen (secondary N) is 1. The molecule has 6 heteroatoms. The molecule has 0 saturated carbocycles. The molecule has 2 aromatic heterocycles. The van der Waals surface area contributed by atoms with Crippen molar-refractivity contribution in [2.45, 2.75) is 13.8 Å². The lowest BCUT2D eigenvalue weighted by molar-refractivity contribution is 0.0697. The molecule has 0 fully saturated rings. The average molecular weight is 375 g/mol. The van der Waals surface area contributed by atoms with E-state index in [0.29, 0.717) is 11.6 Å². The highest BCUT2D eigenvalue weighted by molar-refractivity contribution is 7.17. The fourth-order valence-corrected chi connectivity index (χ4v) is 3.98. The zero-order valence-corrected chi connectivity index (χ0v) is 15.7. The Morgan fingerprint density at radius 1 is 1.07 bits per heavy atom. The Morgan fingerprint density at radius 3 is 2.59 bits per heavy atom. The van der Waals surface area contributed by atoms with Gasteiger partial charge in [-0.15, -0.1) is 11.3 Å². The molecule has 2 N–H and O–H groups in total. The molecule has 27 heavy (non-hydrogen) atoms. The van der Waals surface area contributed by atoms with Gasteiger partial charge < -0.3 is 10.4 Å². The van der Waals surface area contributed by atoms with E-state index in [2.05, 4.69) is 32.8 Å². The molecular weight excluding hydrogens is 358 g/mol. The summed E-state index contributed by atoms with van der Waals surface area (Å²) in [6, 6.07) is 15.1. The summed E-state index contributed by atoms with van der Waals surface area (Å²) in [5.74, 6) is 0.393. The third kappa shape index (κ3) is 3.27. The van der Waals surface area contributed by atoms with Crippen LogP contribution in [0.3, 0.4) is 0 Å². The van der Waals surface area contributed by atoms with E-state index in [1.165, 1.54) is 0 Å². The third-order valence-electron chi connectivity index (χ3n) is 4.37. The van der Waals surface area contributed by atoms with Crippen LogP contribution in [0.4, 0.5) is 11.5 Å². The Labute approximate surface area is 160 Å². The summed E-state index contributed by atoms with van der Waals surface area (Å²) in [4.78, 5) is 21.4. The second-order valence-electron chi connectivity index (χ2n) is 6.27. The topological polar surface area (TPSA) is 75.1 Å². The van der Waals surface area contributed by atoms with Gasteiger partial charge in [-0.2, -0.15) is 0 Å². The molecule has 2 aromatic carbocycles. The van der Waals surface area contributed by atoms with Gasteiger partial charge in [-0.05, 0) is 37.1 Å².